The van der Waals surface area contributed by atoms with E-state index < -0.39 is 0 Å². The molecule has 3 heteroatoms. The molecule has 0 aliphatic carbocycles. The largest absolute Gasteiger partial charge is 0.377 e. The summed E-state index contributed by atoms with van der Waals surface area (Å²) in [5.41, 5.74) is 0. The van der Waals surface area contributed by atoms with Crippen molar-refractivity contribution < 1.29 is 0 Å². The van der Waals surface area contributed by atoms with Crippen molar-refractivity contribution in [1.29, 1.82) is 0 Å². The van der Waals surface area contributed by atoms with Crippen molar-refractivity contribution in [3.8, 4) is 0 Å². The Morgan fingerprint density at radius 1 is 1.50 bits per heavy atom. The predicted octanol–water partition coefficient (Wildman–Crippen LogP) is 0.263. The zero-order valence-corrected chi connectivity index (χ0v) is 7.94. The summed E-state index contributed by atoms with van der Waals surface area (Å²) in [4.78, 5) is 3.93. The van der Waals surface area contributed by atoms with Gasteiger partial charge in [-0.05, 0) is 13.8 Å². The third-order valence-corrected chi connectivity index (χ3v) is 0.569. The van der Waals surface area contributed by atoms with Crippen LogP contribution in [0.3, 0.4) is 0 Å². The van der Waals surface area contributed by atoms with Gasteiger partial charge in [-0.3, -0.25) is 4.99 Å². The molecule has 0 spiro atoms. The normalized spacial score (nSPS) is 8.75. The van der Waals surface area contributed by atoms with Crippen LogP contribution < -0.4 is 5.32 Å². The summed E-state index contributed by atoms with van der Waals surface area (Å²) in [5, 5.41) is 2.96. The molecule has 0 rings (SSSR count). The molecule has 8 heavy (non-hydrogen) atoms. The molecule has 0 aliphatic heterocycles. The van der Waals surface area contributed by atoms with E-state index in [1.54, 1.807) is 6.34 Å². The summed E-state index contributed by atoms with van der Waals surface area (Å²) in [7, 11) is 0. The number of rotatable bonds is 3. The molecule has 0 aromatic rings. The third kappa shape index (κ3) is 9.69. The quantitative estimate of drug-likeness (QED) is 0.325. The van der Waals surface area contributed by atoms with Crippen molar-refractivity contribution in [1.82, 2.24) is 5.32 Å². The van der Waals surface area contributed by atoms with Crippen LogP contribution in [0, 0.1) is 0 Å². The average Bonchev–Trinajstić information content (AvgIpc) is 1.69. The van der Waals surface area contributed by atoms with Gasteiger partial charge in [0, 0.05) is 42.6 Å². The number of nitrogens with one attached hydrogen (secondary N) is 1. The van der Waals surface area contributed by atoms with Gasteiger partial charge in [-0.15, -0.1) is 0 Å². The topological polar surface area (TPSA) is 24.4 Å². The van der Waals surface area contributed by atoms with E-state index in [1.165, 1.54) is 0 Å². The summed E-state index contributed by atoms with van der Waals surface area (Å²) in [6, 6.07) is 0. The third-order valence-electron chi connectivity index (χ3n) is 0.569. The second kappa shape index (κ2) is 10.5. The van der Waals surface area contributed by atoms with Crippen LogP contribution in [-0.4, -0.2) is 49.0 Å². The first-order valence-electron chi connectivity index (χ1n) is 2.63. The monoisotopic (exact) mass is 123 g/mol. The minimum absolute atomic E-state index is 0. The Hall–Kier alpha value is 0.470. The number of hydrogen-bond donors (Lipinski definition) is 1. The van der Waals surface area contributed by atoms with E-state index in [0.29, 0.717) is 0 Å². The Labute approximate surface area is 73.1 Å². The Bertz CT molecular complexity index is 54.4. The molecular weight excluding hydrogens is 111 g/mol. The molecule has 0 aromatic heterocycles. The van der Waals surface area contributed by atoms with Crippen LogP contribution in [0.1, 0.15) is 13.8 Å². The summed E-state index contributed by atoms with van der Waals surface area (Å²) in [6.07, 6.45) is 1.74. The zero-order chi connectivity index (χ0) is 5.54. The molecule has 0 unspecified atom stereocenters. The minimum Gasteiger partial charge on any atom is -0.377 e. The number of aliphatic imine (C=N–C) groups is 1. The van der Waals surface area contributed by atoms with E-state index in [1.807, 2.05) is 13.8 Å². The van der Waals surface area contributed by atoms with Gasteiger partial charge in [-0.25, -0.2) is 0 Å². The molecule has 0 atom stereocenters. The van der Waals surface area contributed by atoms with Gasteiger partial charge in [0.1, 0.15) is 0 Å². The molecule has 1 N–H and O–H groups in total. The summed E-state index contributed by atoms with van der Waals surface area (Å²) < 4.78 is 0. The second-order valence-corrected chi connectivity index (χ2v) is 1.19. The number of nitrogens with zero attached hydrogens (tertiary/aromatic N) is 1. The molecule has 0 aromatic carbocycles. The van der Waals surface area contributed by atoms with E-state index in [4.69, 9.17) is 0 Å². The maximum atomic E-state index is 3.93. The summed E-state index contributed by atoms with van der Waals surface area (Å²) in [5.74, 6) is 0. The molecule has 0 saturated heterocycles. The Kier molecular flexibility index (Phi) is 14.7. The van der Waals surface area contributed by atoms with Gasteiger partial charge in [-0.2, -0.15) is 0 Å². The van der Waals surface area contributed by atoms with Crippen LogP contribution in [0.5, 0.6) is 0 Å². The van der Waals surface area contributed by atoms with E-state index in [0.717, 1.165) is 13.1 Å². The van der Waals surface area contributed by atoms with Crippen molar-refractivity contribution in [2.75, 3.05) is 13.1 Å². The van der Waals surface area contributed by atoms with Crippen molar-refractivity contribution in [2.45, 2.75) is 13.8 Å². The SMILES string of the molecule is CCN=CNCC.[Na]. The smallest absolute Gasteiger partial charge is 0.0823 e. The van der Waals surface area contributed by atoms with Gasteiger partial charge in [0.25, 0.3) is 0 Å². The van der Waals surface area contributed by atoms with Crippen LogP contribution >= 0.6 is 0 Å². The molecule has 2 nitrogen and oxygen atoms in total. The number of hydrogen-bond acceptors (Lipinski definition) is 1. The van der Waals surface area contributed by atoms with Gasteiger partial charge in [-0.1, -0.05) is 0 Å². The van der Waals surface area contributed by atoms with Crippen LogP contribution in [0.4, 0.5) is 0 Å². The predicted molar refractivity (Wildman–Crippen MR) is 38.5 cm³/mol. The maximum absolute atomic E-state index is 3.93. The fourth-order valence-corrected chi connectivity index (χ4v) is 0.247. The molecule has 43 valence electrons. The molecule has 1 radical (unpaired) electrons. The van der Waals surface area contributed by atoms with E-state index in [2.05, 4.69) is 10.3 Å². The van der Waals surface area contributed by atoms with Gasteiger partial charge < -0.3 is 5.32 Å². The standard InChI is InChI=1S/C5H12N2.Na/c1-3-6-5-7-4-2;/h5H,3-4H2,1-2H3,(H,6,7);. The van der Waals surface area contributed by atoms with Crippen molar-refractivity contribution >= 4 is 35.9 Å². The van der Waals surface area contributed by atoms with Crippen molar-refractivity contribution in [2.24, 2.45) is 4.99 Å². The molecule has 0 bridgehead atoms. The van der Waals surface area contributed by atoms with Crippen LogP contribution in [0.2, 0.25) is 0 Å². The molecule has 0 fully saturated rings. The van der Waals surface area contributed by atoms with Gasteiger partial charge in [0.05, 0.1) is 6.34 Å². The zero-order valence-electron chi connectivity index (χ0n) is 5.94. The Morgan fingerprint density at radius 2 is 2.12 bits per heavy atom. The van der Waals surface area contributed by atoms with Gasteiger partial charge in [0.2, 0.25) is 0 Å². The summed E-state index contributed by atoms with van der Waals surface area (Å²) in [6.45, 7) is 5.88. The molecule has 0 heterocycles. The Morgan fingerprint density at radius 3 is 2.50 bits per heavy atom. The fraction of sp³-hybridized carbons (Fsp3) is 0.800. The van der Waals surface area contributed by atoms with Crippen molar-refractivity contribution in [3.63, 3.8) is 0 Å². The summed E-state index contributed by atoms with van der Waals surface area (Å²) >= 11 is 0. The van der Waals surface area contributed by atoms with E-state index in [-0.39, 0.29) is 29.6 Å². The molecule has 0 aliphatic rings. The molecule has 0 saturated carbocycles. The average molecular weight is 123 g/mol. The van der Waals surface area contributed by atoms with Crippen LogP contribution in [0.15, 0.2) is 4.99 Å². The second-order valence-electron chi connectivity index (χ2n) is 1.19. The first kappa shape index (κ1) is 11.3. The van der Waals surface area contributed by atoms with Crippen LogP contribution in [-0.2, 0) is 0 Å². The fourth-order valence-electron chi connectivity index (χ4n) is 0.247. The Balaban J connectivity index is 0. The van der Waals surface area contributed by atoms with Gasteiger partial charge >= 0.3 is 0 Å². The van der Waals surface area contributed by atoms with Crippen LogP contribution in [0.25, 0.3) is 0 Å². The minimum atomic E-state index is 0. The van der Waals surface area contributed by atoms with E-state index in [9.17, 15) is 0 Å². The molecule has 0 amide bonds. The van der Waals surface area contributed by atoms with E-state index >= 15 is 0 Å². The van der Waals surface area contributed by atoms with Crippen molar-refractivity contribution in [3.05, 3.63) is 0 Å². The first-order valence-corrected chi connectivity index (χ1v) is 2.63. The first-order chi connectivity index (χ1) is 3.41. The van der Waals surface area contributed by atoms with Gasteiger partial charge in [0.15, 0.2) is 0 Å². The molecular formula is C5H12N2Na. The maximum Gasteiger partial charge on any atom is 0.0823 e.